The SMILES string of the molecule is CCNC1COCC1C(=O)NCC1CC1C. The third-order valence-electron chi connectivity index (χ3n) is 3.70. The molecule has 0 aromatic carbocycles. The number of ether oxygens (including phenoxy) is 1. The number of carbonyl (C=O) groups excluding carboxylic acids is 1. The molecule has 4 unspecified atom stereocenters. The molecular weight excluding hydrogens is 204 g/mol. The average Bonchev–Trinajstić information content (AvgIpc) is 2.77. The smallest absolute Gasteiger partial charge is 0.227 e. The molecule has 4 heteroatoms. The summed E-state index contributed by atoms with van der Waals surface area (Å²) in [7, 11) is 0. The van der Waals surface area contributed by atoms with Crippen LogP contribution in [0.4, 0.5) is 0 Å². The largest absolute Gasteiger partial charge is 0.379 e. The van der Waals surface area contributed by atoms with E-state index in [1.807, 2.05) is 0 Å². The highest BCUT2D eigenvalue weighted by Crippen LogP contribution is 2.36. The summed E-state index contributed by atoms with van der Waals surface area (Å²) in [4.78, 5) is 11.9. The molecule has 1 saturated heterocycles. The quantitative estimate of drug-likeness (QED) is 0.712. The van der Waals surface area contributed by atoms with Gasteiger partial charge in [-0.15, -0.1) is 0 Å². The lowest BCUT2D eigenvalue weighted by Crippen LogP contribution is -2.44. The van der Waals surface area contributed by atoms with Crippen molar-refractivity contribution >= 4 is 5.91 Å². The lowest BCUT2D eigenvalue weighted by molar-refractivity contribution is -0.125. The molecule has 0 spiro atoms. The fourth-order valence-electron chi connectivity index (χ4n) is 2.32. The minimum atomic E-state index is -0.00555. The van der Waals surface area contributed by atoms with Crippen LogP contribution < -0.4 is 10.6 Å². The molecule has 0 aromatic heterocycles. The van der Waals surface area contributed by atoms with Crippen LogP contribution >= 0.6 is 0 Å². The van der Waals surface area contributed by atoms with Crippen molar-refractivity contribution in [3.8, 4) is 0 Å². The minimum absolute atomic E-state index is 0.00555. The number of hydrogen-bond acceptors (Lipinski definition) is 3. The van der Waals surface area contributed by atoms with Crippen molar-refractivity contribution in [3.05, 3.63) is 0 Å². The zero-order valence-electron chi connectivity index (χ0n) is 10.2. The minimum Gasteiger partial charge on any atom is -0.379 e. The van der Waals surface area contributed by atoms with Crippen LogP contribution in [-0.2, 0) is 9.53 Å². The van der Waals surface area contributed by atoms with Crippen LogP contribution in [0.5, 0.6) is 0 Å². The second-order valence-electron chi connectivity index (χ2n) is 5.03. The van der Waals surface area contributed by atoms with E-state index in [-0.39, 0.29) is 17.9 Å². The number of rotatable bonds is 5. The summed E-state index contributed by atoms with van der Waals surface area (Å²) in [5.74, 6) is 1.66. The van der Waals surface area contributed by atoms with Crippen LogP contribution in [0.25, 0.3) is 0 Å². The van der Waals surface area contributed by atoms with Gasteiger partial charge in [-0.3, -0.25) is 4.79 Å². The summed E-state index contributed by atoms with van der Waals surface area (Å²) in [5, 5.41) is 6.35. The Bertz CT molecular complexity index is 257. The van der Waals surface area contributed by atoms with Crippen molar-refractivity contribution in [2.24, 2.45) is 17.8 Å². The molecule has 4 nitrogen and oxygen atoms in total. The average molecular weight is 226 g/mol. The van der Waals surface area contributed by atoms with Crippen molar-refractivity contribution in [1.82, 2.24) is 10.6 Å². The molecular formula is C12H22N2O2. The molecule has 0 aromatic rings. The van der Waals surface area contributed by atoms with E-state index in [0.29, 0.717) is 19.1 Å². The molecule has 1 saturated carbocycles. The van der Waals surface area contributed by atoms with Gasteiger partial charge >= 0.3 is 0 Å². The fraction of sp³-hybridized carbons (Fsp3) is 0.917. The van der Waals surface area contributed by atoms with Gasteiger partial charge in [0, 0.05) is 12.6 Å². The van der Waals surface area contributed by atoms with Gasteiger partial charge in [-0.25, -0.2) is 0 Å². The summed E-state index contributed by atoms with van der Waals surface area (Å²) < 4.78 is 5.36. The molecule has 0 bridgehead atoms. The molecule has 2 fully saturated rings. The number of nitrogens with one attached hydrogen (secondary N) is 2. The predicted octanol–water partition coefficient (Wildman–Crippen LogP) is 0.383. The zero-order chi connectivity index (χ0) is 11.5. The number of hydrogen-bond donors (Lipinski definition) is 2. The Morgan fingerprint density at radius 1 is 1.44 bits per heavy atom. The molecule has 2 aliphatic rings. The second kappa shape index (κ2) is 5.15. The van der Waals surface area contributed by atoms with E-state index < -0.39 is 0 Å². The van der Waals surface area contributed by atoms with Crippen LogP contribution in [0.3, 0.4) is 0 Å². The van der Waals surface area contributed by atoms with Crippen molar-refractivity contribution < 1.29 is 9.53 Å². The van der Waals surface area contributed by atoms with E-state index in [9.17, 15) is 4.79 Å². The lowest BCUT2D eigenvalue weighted by atomic mass is 10.0. The second-order valence-corrected chi connectivity index (χ2v) is 5.03. The maximum Gasteiger partial charge on any atom is 0.227 e. The van der Waals surface area contributed by atoms with E-state index in [0.717, 1.165) is 19.0 Å². The van der Waals surface area contributed by atoms with Gasteiger partial charge in [0.1, 0.15) is 0 Å². The first-order chi connectivity index (χ1) is 7.72. The molecule has 1 aliphatic heterocycles. The van der Waals surface area contributed by atoms with E-state index in [1.165, 1.54) is 6.42 Å². The summed E-state index contributed by atoms with van der Waals surface area (Å²) in [6.45, 7) is 7.23. The number of likely N-dealkylation sites (N-methyl/N-ethyl adjacent to an activating group) is 1. The van der Waals surface area contributed by atoms with Crippen LogP contribution in [0.2, 0.25) is 0 Å². The van der Waals surface area contributed by atoms with Crippen LogP contribution in [-0.4, -0.2) is 38.3 Å². The molecule has 1 heterocycles. The topological polar surface area (TPSA) is 50.4 Å². The summed E-state index contributed by atoms with van der Waals surface area (Å²) in [6.07, 6.45) is 1.26. The maximum absolute atomic E-state index is 11.9. The third kappa shape index (κ3) is 2.74. The van der Waals surface area contributed by atoms with Crippen LogP contribution in [0, 0.1) is 17.8 Å². The molecule has 2 rings (SSSR count). The van der Waals surface area contributed by atoms with Gasteiger partial charge < -0.3 is 15.4 Å². The van der Waals surface area contributed by atoms with Gasteiger partial charge in [0.15, 0.2) is 0 Å². The molecule has 0 radical (unpaired) electrons. The highest BCUT2D eigenvalue weighted by Gasteiger charge is 2.36. The molecule has 16 heavy (non-hydrogen) atoms. The highest BCUT2D eigenvalue weighted by molar-refractivity contribution is 5.79. The predicted molar refractivity (Wildman–Crippen MR) is 62.1 cm³/mol. The number of amides is 1. The van der Waals surface area contributed by atoms with Gasteiger partial charge in [-0.1, -0.05) is 13.8 Å². The number of carbonyl (C=O) groups is 1. The Labute approximate surface area is 97.1 Å². The first-order valence-corrected chi connectivity index (χ1v) is 6.31. The van der Waals surface area contributed by atoms with Crippen molar-refractivity contribution in [2.75, 3.05) is 26.3 Å². The lowest BCUT2D eigenvalue weighted by Gasteiger charge is -2.17. The fourth-order valence-corrected chi connectivity index (χ4v) is 2.32. The molecule has 1 amide bonds. The Morgan fingerprint density at radius 2 is 2.19 bits per heavy atom. The Balaban J connectivity index is 1.74. The van der Waals surface area contributed by atoms with Gasteiger partial charge in [0.05, 0.1) is 19.1 Å². The normalized spacial score (nSPS) is 37.4. The third-order valence-corrected chi connectivity index (χ3v) is 3.70. The van der Waals surface area contributed by atoms with E-state index >= 15 is 0 Å². The molecule has 1 aliphatic carbocycles. The molecule has 92 valence electrons. The summed E-state index contributed by atoms with van der Waals surface area (Å²) in [5.41, 5.74) is 0. The molecule has 2 N–H and O–H groups in total. The first-order valence-electron chi connectivity index (χ1n) is 6.31. The van der Waals surface area contributed by atoms with E-state index in [1.54, 1.807) is 0 Å². The van der Waals surface area contributed by atoms with Crippen molar-refractivity contribution in [3.63, 3.8) is 0 Å². The van der Waals surface area contributed by atoms with Gasteiger partial charge in [0.2, 0.25) is 5.91 Å². The monoisotopic (exact) mass is 226 g/mol. The standard InChI is InChI=1S/C12H22N2O2/c1-3-13-11-7-16-6-10(11)12(15)14-5-9-4-8(9)2/h8-11,13H,3-7H2,1-2H3,(H,14,15). The van der Waals surface area contributed by atoms with Crippen molar-refractivity contribution in [1.29, 1.82) is 0 Å². The Hall–Kier alpha value is -0.610. The summed E-state index contributed by atoms with van der Waals surface area (Å²) in [6, 6.07) is 0.196. The van der Waals surface area contributed by atoms with Crippen LogP contribution in [0.15, 0.2) is 0 Å². The van der Waals surface area contributed by atoms with Crippen molar-refractivity contribution in [2.45, 2.75) is 26.3 Å². The first kappa shape index (κ1) is 11.9. The zero-order valence-corrected chi connectivity index (χ0v) is 10.2. The van der Waals surface area contributed by atoms with Gasteiger partial charge in [-0.2, -0.15) is 0 Å². The maximum atomic E-state index is 11.9. The van der Waals surface area contributed by atoms with Gasteiger partial charge in [-0.05, 0) is 24.8 Å². The Morgan fingerprint density at radius 3 is 2.81 bits per heavy atom. The van der Waals surface area contributed by atoms with E-state index in [2.05, 4.69) is 24.5 Å². The molecule has 4 atom stereocenters. The Kier molecular flexibility index (Phi) is 3.82. The van der Waals surface area contributed by atoms with Gasteiger partial charge in [0.25, 0.3) is 0 Å². The highest BCUT2D eigenvalue weighted by atomic mass is 16.5. The van der Waals surface area contributed by atoms with Crippen LogP contribution in [0.1, 0.15) is 20.3 Å². The summed E-state index contributed by atoms with van der Waals surface area (Å²) >= 11 is 0. The van der Waals surface area contributed by atoms with E-state index in [4.69, 9.17) is 4.74 Å².